The van der Waals surface area contributed by atoms with Crippen molar-refractivity contribution in [2.45, 2.75) is 39.8 Å². The highest BCUT2D eigenvalue weighted by Crippen LogP contribution is 2.64. The van der Waals surface area contributed by atoms with Crippen LogP contribution in [0.4, 0.5) is 4.39 Å². The van der Waals surface area contributed by atoms with Crippen LogP contribution >= 0.6 is 0 Å². The molecule has 0 saturated heterocycles. The Bertz CT molecular complexity index is 246. The zero-order chi connectivity index (χ0) is 9.15. The monoisotopic (exact) mass is 170 g/mol. The number of rotatable bonds is 0. The Morgan fingerprint density at radius 1 is 1.42 bits per heavy atom. The Kier molecular flexibility index (Phi) is 1.31. The first-order valence-corrected chi connectivity index (χ1v) is 4.57. The number of hydrogen-bond acceptors (Lipinski definition) is 1. The number of carbonyl (C=O) groups excluding carboxylic acids is 1. The number of fused-ring (bicyclic) bond motifs is 2. The summed E-state index contributed by atoms with van der Waals surface area (Å²) in [5, 5.41) is 0. The molecule has 0 N–H and O–H groups in total. The lowest BCUT2D eigenvalue weighted by Crippen LogP contribution is -2.32. The molecular weight excluding hydrogens is 155 g/mol. The van der Waals surface area contributed by atoms with E-state index in [-0.39, 0.29) is 22.5 Å². The summed E-state index contributed by atoms with van der Waals surface area (Å²) in [6.07, 6.45) is 0.163. The van der Waals surface area contributed by atoms with Crippen LogP contribution in [-0.2, 0) is 4.79 Å². The normalized spacial score (nSPS) is 50.2. The lowest BCUT2D eigenvalue weighted by Gasteiger charge is -2.31. The van der Waals surface area contributed by atoms with Crippen LogP contribution in [0.5, 0.6) is 0 Å². The van der Waals surface area contributed by atoms with Gasteiger partial charge in [-0.3, -0.25) is 4.79 Å². The molecule has 2 rings (SSSR count). The molecular formula is C10H15FO. The summed E-state index contributed by atoms with van der Waals surface area (Å²) in [7, 11) is 0. The molecule has 0 spiro atoms. The van der Waals surface area contributed by atoms with E-state index in [0.717, 1.165) is 0 Å². The minimum Gasteiger partial charge on any atom is -0.299 e. The van der Waals surface area contributed by atoms with E-state index in [1.54, 1.807) is 0 Å². The Labute approximate surface area is 72.3 Å². The van der Waals surface area contributed by atoms with Crippen molar-refractivity contribution in [3.63, 3.8) is 0 Å². The zero-order valence-corrected chi connectivity index (χ0v) is 7.86. The summed E-state index contributed by atoms with van der Waals surface area (Å²) < 4.78 is 13.4. The number of ketones is 1. The molecule has 0 aromatic rings. The van der Waals surface area contributed by atoms with Crippen molar-refractivity contribution in [3.05, 3.63) is 0 Å². The lowest BCUT2D eigenvalue weighted by molar-refractivity contribution is -0.129. The predicted octanol–water partition coefficient (Wildman–Crippen LogP) is 2.35. The zero-order valence-electron chi connectivity index (χ0n) is 7.86. The smallest absolute Gasteiger partial charge is 0.139 e. The third-order valence-electron chi connectivity index (χ3n) is 4.41. The van der Waals surface area contributed by atoms with Gasteiger partial charge in [0.25, 0.3) is 0 Å². The van der Waals surface area contributed by atoms with Gasteiger partial charge in [0.05, 0.1) is 0 Å². The van der Waals surface area contributed by atoms with Gasteiger partial charge >= 0.3 is 0 Å². The molecule has 2 aliphatic rings. The highest BCUT2D eigenvalue weighted by molar-refractivity contribution is 5.89. The van der Waals surface area contributed by atoms with Crippen LogP contribution in [0, 0.1) is 16.7 Å². The van der Waals surface area contributed by atoms with E-state index in [1.165, 1.54) is 0 Å². The van der Waals surface area contributed by atoms with Crippen molar-refractivity contribution < 1.29 is 9.18 Å². The minimum absolute atomic E-state index is 0.0185. The molecule has 2 fully saturated rings. The quantitative estimate of drug-likeness (QED) is 0.545. The predicted molar refractivity (Wildman–Crippen MR) is 44.5 cm³/mol. The fourth-order valence-corrected chi connectivity index (χ4v) is 2.94. The van der Waals surface area contributed by atoms with Crippen molar-refractivity contribution in [2.24, 2.45) is 16.7 Å². The average molecular weight is 170 g/mol. The highest BCUT2D eigenvalue weighted by Gasteiger charge is 2.65. The fraction of sp³-hybridized carbons (Fsp3) is 0.900. The summed E-state index contributed by atoms with van der Waals surface area (Å²) >= 11 is 0. The van der Waals surface area contributed by atoms with Crippen LogP contribution in [0.1, 0.15) is 33.6 Å². The van der Waals surface area contributed by atoms with E-state index in [9.17, 15) is 9.18 Å². The van der Waals surface area contributed by atoms with Gasteiger partial charge in [0.1, 0.15) is 12.0 Å². The van der Waals surface area contributed by atoms with E-state index in [4.69, 9.17) is 0 Å². The molecule has 1 nitrogen and oxygen atoms in total. The van der Waals surface area contributed by atoms with Gasteiger partial charge in [-0.1, -0.05) is 20.8 Å². The maximum Gasteiger partial charge on any atom is 0.139 e. The molecule has 0 radical (unpaired) electrons. The summed E-state index contributed by atoms with van der Waals surface area (Å²) in [5.74, 6) is 0.251. The van der Waals surface area contributed by atoms with E-state index >= 15 is 0 Å². The molecule has 0 aromatic carbocycles. The Morgan fingerprint density at radius 2 is 2.00 bits per heavy atom. The van der Waals surface area contributed by atoms with E-state index in [0.29, 0.717) is 12.8 Å². The van der Waals surface area contributed by atoms with Gasteiger partial charge in [-0.25, -0.2) is 4.39 Å². The third kappa shape index (κ3) is 0.629. The summed E-state index contributed by atoms with van der Waals surface area (Å²) in [4.78, 5) is 11.6. The van der Waals surface area contributed by atoms with Gasteiger partial charge in [0.2, 0.25) is 0 Å². The Morgan fingerprint density at radius 3 is 2.25 bits per heavy atom. The van der Waals surface area contributed by atoms with Crippen LogP contribution in [-0.4, -0.2) is 12.0 Å². The molecule has 2 aliphatic carbocycles. The molecule has 0 aromatic heterocycles. The van der Waals surface area contributed by atoms with Gasteiger partial charge in [-0.2, -0.15) is 0 Å². The largest absolute Gasteiger partial charge is 0.299 e. The second-order valence-electron chi connectivity index (χ2n) is 5.01. The highest BCUT2D eigenvalue weighted by atomic mass is 19.1. The third-order valence-corrected chi connectivity index (χ3v) is 4.41. The van der Waals surface area contributed by atoms with Crippen LogP contribution in [0.15, 0.2) is 0 Å². The van der Waals surface area contributed by atoms with E-state index in [2.05, 4.69) is 0 Å². The minimum atomic E-state index is -0.748. The average Bonchev–Trinajstić information content (AvgIpc) is 2.18. The molecule has 0 unspecified atom stereocenters. The number of Topliss-reactive ketones (excluding diaryl/α,β-unsaturated/α-hetero) is 1. The van der Waals surface area contributed by atoms with Gasteiger partial charge < -0.3 is 0 Å². The molecule has 0 aliphatic heterocycles. The second-order valence-corrected chi connectivity index (χ2v) is 5.01. The van der Waals surface area contributed by atoms with Gasteiger partial charge in [-0.15, -0.1) is 0 Å². The van der Waals surface area contributed by atoms with E-state index < -0.39 is 6.17 Å². The molecule has 68 valence electrons. The Hall–Kier alpha value is -0.400. The van der Waals surface area contributed by atoms with Gasteiger partial charge in [0.15, 0.2) is 0 Å². The molecule has 3 atom stereocenters. The topological polar surface area (TPSA) is 17.1 Å². The summed E-state index contributed by atoms with van der Waals surface area (Å²) in [6.45, 7) is 5.99. The molecule has 2 bridgehead atoms. The second kappa shape index (κ2) is 1.91. The van der Waals surface area contributed by atoms with Crippen molar-refractivity contribution >= 4 is 5.78 Å². The SMILES string of the molecule is CC1(C)[C@@H]2CC(=O)[C@@]1(C)C[C@@H]2F. The van der Waals surface area contributed by atoms with Crippen molar-refractivity contribution in [1.82, 2.24) is 0 Å². The number of hydrogen-bond donors (Lipinski definition) is 0. The molecule has 0 heterocycles. The lowest BCUT2D eigenvalue weighted by atomic mass is 9.70. The standard InChI is InChI=1S/C10H15FO/c1-9(2)6-4-8(12)10(9,3)5-7(6)11/h6-7H,4-5H2,1-3H3/t6-,7+,10-/m1/s1. The summed E-state index contributed by atoms with van der Waals surface area (Å²) in [5.41, 5.74) is -0.499. The Balaban J connectivity index is 2.47. The van der Waals surface area contributed by atoms with Crippen LogP contribution in [0.3, 0.4) is 0 Å². The number of carbonyl (C=O) groups is 1. The fourth-order valence-electron chi connectivity index (χ4n) is 2.94. The van der Waals surface area contributed by atoms with E-state index in [1.807, 2.05) is 20.8 Å². The van der Waals surface area contributed by atoms with Crippen LogP contribution in [0.2, 0.25) is 0 Å². The van der Waals surface area contributed by atoms with Gasteiger partial charge in [-0.05, 0) is 11.8 Å². The first-order chi connectivity index (χ1) is 5.39. The van der Waals surface area contributed by atoms with Crippen LogP contribution in [0.25, 0.3) is 0 Å². The van der Waals surface area contributed by atoms with Crippen molar-refractivity contribution in [3.8, 4) is 0 Å². The first kappa shape index (κ1) is 8.21. The molecule has 0 amide bonds. The first-order valence-electron chi connectivity index (χ1n) is 4.57. The molecule has 12 heavy (non-hydrogen) atoms. The van der Waals surface area contributed by atoms with Gasteiger partial charge in [0, 0.05) is 17.8 Å². The molecule has 2 heteroatoms. The maximum atomic E-state index is 13.4. The summed E-state index contributed by atoms with van der Waals surface area (Å²) in [6, 6.07) is 0. The van der Waals surface area contributed by atoms with Crippen molar-refractivity contribution in [2.75, 3.05) is 0 Å². The maximum absolute atomic E-state index is 13.4. The number of halogens is 1. The molecule has 2 saturated carbocycles. The number of alkyl halides is 1. The van der Waals surface area contributed by atoms with Crippen molar-refractivity contribution in [1.29, 1.82) is 0 Å². The van der Waals surface area contributed by atoms with Crippen LogP contribution < -0.4 is 0 Å².